The second-order valence-corrected chi connectivity index (χ2v) is 13.6. The minimum Gasteiger partial charge on any atom is -0.394 e. The Morgan fingerprint density at radius 1 is 1.14 bits per heavy atom. The number of aliphatic imine (C=N–C) groups is 1. The lowest BCUT2D eigenvalue weighted by molar-refractivity contribution is -0.131. The van der Waals surface area contributed by atoms with Crippen molar-refractivity contribution in [2.45, 2.75) is 139 Å². The Morgan fingerprint density at radius 3 is 2.16 bits per heavy atom. The molecule has 0 aromatic heterocycles. The van der Waals surface area contributed by atoms with Crippen LogP contribution in [0.4, 0.5) is 4.39 Å². The summed E-state index contributed by atoms with van der Waals surface area (Å²) in [5.74, 6) is 0.441. The summed E-state index contributed by atoms with van der Waals surface area (Å²) in [6.07, 6.45) is 8.41. The fourth-order valence-electron chi connectivity index (χ4n) is 4.85. The van der Waals surface area contributed by atoms with Gasteiger partial charge in [-0.3, -0.25) is 14.6 Å². The minimum atomic E-state index is -1.44. The van der Waals surface area contributed by atoms with Crippen LogP contribution in [0.3, 0.4) is 0 Å². The van der Waals surface area contributed by atoms with E-state index in [0.29, 0.717) is 24.1 Å². The van der Waals surface area contributed by atoms with Gasteiger partial charge in [0.2, 0.25) is 0 Å². The quantitative estimate of drug-likeness (QED) is 0.304. The topological polar surface area (TPSA) is 96.0 Å². The summed E-state index contributed by atoms with van der Waals surface area (Å²) in [4.78, 5) is 29.0. The highest BCUT2D eigenvalue weighted by Gasteiger charge is 2.34. The molecule has 2 atom stereocenters. The van der Waals surface area contributed by atoms with Crippen molar-refractivity contribution < 1.29 is 19.1 Å². The van der Waals surface area contributed by atoms with Gasteiger partial charge in [0.05, 0.1) is 19.2 Å². The molecule has 1 aromatic rings. The highest BCUT2D eigenvalue weighted by atomic mass is 19.1. The molecule has 6 nitrogen and oxygen atoms in total. The number of carbonyl (C=O) groups is 2. The van der Waals surface area contributed by atoms with Crippen molar-refractivity contribution in [2.75, 3.05) is 19.6 Å². The maximum absolute atomic E-state index is 13.6. The van der Waals surface area contributed by atoms with Crippen LogP contribution in [0.2, 0.25) is 0 Å². The first-order chi connectivity index (χ1) is 20.6. The smallest absolute Gasteiger partial charge is 0.270 e. The van der Waals surface area contributed by atoms with Crippen LogP contribution in [0.25, 0.3) is 0 Å². The van der Waals surface area contributed by atoms with Crippen LogP contribution in [0.5, 0.6) is 0 Å². The van der Waals surface area contributed by atoms with Crippen LogP contribution < -0.4 is 5.73 Å². The summed E-state index contributed by atoms with van der Waals surface area (Å²) >= 11 is 0. The highest BCUT2D eigenvalue weighted by molar-refractivity contribution is 6.09. The summed E-state index contributed by atoms with van der Waals surface area (Å²) < 4.78 is 13.6. The van der Waals surface area contributed by atoms with E-state index in [4.69, 9.17) is 5.73 Å². The summed E-state index contributed by atoms with van der Waals surface area (Å²) in [6.45, 7) is 19.5. The Balaban J connectivity index is 0.000000357. The number of hydrogen-bond donors (Lipinski definition) is 2. The number of Topliss-reactive ketones (excluding diaryl/α,β-unsaturated/α-hetero) is 1. The van der Waals surface area contributed by atoms with Gasteiger partial charge in [0.25, 0.3) is 5.91 Å². The van der Waals surface area contributed by atoms with Gasteiger partial charge >= 0.3 is 0 Å². The highest BCUT2D eigenvalue weighted by Crippen LogP contribution is 2.47. The zero-order valence-electron chi connectivity index (χ0n) is 29.3. The number of aryl methyl sites for hydroxylation is 2. The van der Waals surface area contributed by atoms with Crippen LogP contribution in [0, 0.1) is 32.1 Å². The lowest BCUT2D eigenvalue weighted by Gasteiger charge is -2.32. The molecule has 3 N–H and O–H groups in total. The van der Waals surface area contributed by atoms with E-state index in [0.717, 1.165) is 17.8 Å². The van der Waals surface area contributed by atoms with Gasteiger partial charge in [0.1, 0.15) is 11.9 Å². The molecule has 1 aromatic carbocycles. The molecule has 0 radical (unpaired) electrons. The monoisotopic (exact) mass is 615 g/mol. The van der Waals surface area contributed by atoms with Gasteiger partial charge < -0.3 is 15.7 Å². The summed E-state index contributed by atoms with van der Waals surface area (Å²) in [5, 5.41) is 9.38. The van der Waals surface area contributed by atoms with E-state index in [1.807, 2.05) is 0 Å². The van der Waals surface area contributed by atoms with Crippen LogP contribution in [0.1, 0.15) is 122 Å². The third kappa shape index (κ3) is 14.5. The van der Waals surface area contributed by atoms with Crippen LogP contribution in [-0.2, 0) is 9.59 Å². The van der Waals surface area contributed by atoms with Crippen LogP contribution >= 0.6 is 0 Å². The fourth-order valence-corrected chi connectivity index (χ4v) is 4.85. The number of alkyl halides is 1. The van der Waals surface area contributed by atoms with Crippen molar-refractivity contribution >= 4 is 17.4 Å². The van der Waals surface area contributed by atoms with Crippen molar-refractivity contribution in [1.82, 2.24) is 4.90 Å². The van der Waals surface area contributed by atoms with Crippen LogP contribution in [-0.4, -0.2) is 59.3 Å². The molecule has 250 valence electrons. The number of benzene rings is 1. The van der Waals surface area contributed by atoms with E-state index >= 15 is 0 Å². The molecule has 2 unspecified atom stereocenters. The molecule has 4 rings (SSSR count). The molecule has 1 amide bonds. The zero-order chi connectivity index (χ0) is 33.4. The molecular weight excluding hydrogens is 553 g/mol. The number of halogens is 1. The number of aliphatic hydroxyl groups is 1. The standard InChI is InChI=1S/C15H22FN3O3.C9H12.C7H16.C6H12/c1-9(20)7-18-12-4-2-3-10(12)14(17)15(22)19-6-5-13(21)11(16)8-19;1-7-5-4-6-8(2)9(7)3;1-4-5-6-7(2)3;1-3-6(2)4-5-6/h11,13,21H,2-8,17H2,1H3;4-6H,1-3H3;7H,4-6H2,1-3H3;3-5H2,1-2H3/b14-10-,18-12?;;;. The normalized spacial score (nSPS) is 22.2. The van der Waals surface area contributed by atoms with Gasteiger partial charge in [0, 0.05) is 17.8 Å². The minimum absolute atomic E-state index is 0.0473. The van der Waals surface area contributed by atoms with Crippen molar-refractivity contribution in [3.63, 3.8) is 0 Å². The second-order valence-electron chi connectivity index (χ2n) is 13.6. The number of nitrogens with zero attached hydrogens (tertiary/aromatic N) is 2. The Kier molecular flexibility index (Phi) is 17.7. The zero-order valence-corrected chi connectivity index (χ0v) is 29.3. The number of likely N-dealkylation sites (tertiary alicyclic amines) is 1. The van der Waals surface area contributed by atoms with Gasteiger partial charge in [-0.25, -0.2) is 4.39 Å². The lowest BCUT2D eigenvalue weighted by atomic mass is 10.0. The van der Waals surface area contributed by atoms with Crippen molar-refractivity contribution in [2.24, 2.45) is 22.1 Å². The number of piperidine rings is 1. The van der Waals surface area contributed by atoms with Crippen molar-refractivity contribution in [3.8, 4) is 0 Å². The molecule has 7 heteroatoms. The second kappa shape index (κ2) is 19.8. The molecular formula is C37H62FN3O3. The molecule has 1 saturated heterocycles. The molecule has 0 bridgehead atoms. The van der Waals surface area contributed by atoms with Crippen molar-refractivity contribution in [3.05, 3.63) is 46.2 Å². The maximum Gasteiger partial charge on any atom is 0.270 e. The van der Waals surface area contributed by atoms with E-state index in [2.05, 4.69) is 78.6 Å². The lowest BCUT2D eigenvalue weighted by Crippen LogP contribution is -2.48. The SMILES string of the molecule is CC(=O)CN=C1CCC/C1=C(/N)C(=O)N1CCC(O)C(F)C1.CCC1(C)CC1.CCCCC(C)C.Cc1cccc(C)c1C. The average molecular weight is 616 g/mol. The third-order valence-corrected chi connectivity index (χ3v) is 9.00. The van der Waals surface area contributed by atoms with Gasteiger partial charge in [-0.2, -0.15) is 0 Å². The molecule has 3 fully saturated rings. The van der Waals surface area contributed by atoms with Crippen LogP contribution in [0.15, 0.2) is 34.5 Å². The number of unbranched alkanes of at least 4 members (excludes halogenated alkanes) is 1. The predicted molar refractivity (Wildman–Crippen MR) is 183 cm³/mol. The number of nitrogens with two attached hydrogens (primary N) is 1. The molecule has 1 heterocycles. The van der Waals surface area contributed by atoms with Crippen molar-refractivity contribution in [1.29, 1.82) is 0 Å². The fraction of sp³-hybridized carbons (Fsp3) is 0.703. The molecule has 3 aliphatic rings. The first kappa shape index (κ1) is 39.5. The molecule has 0 spiro atoms. The third-order valence-electron chi connectivity index (χ3n) is 9.00. The molecule has 1 aliphatic heterocycles. The summed E-state index contributed by atoms with van der Waals surface area (Å²) in [6, 6.07) is 6.38. The average Bonchev–Trinajstić information content (AvgIpc) is 3.55. The Morgan fingerprint density at radius 2 is 1.75 bits per heavy atom. The van der Waals surface area contributed by atoms with E-state index in [-0.39, 0.29) is 37.5 Å². The molecule has 2 saturated carbocycles. The first-order valence-corrected chi connectivity index (χ1v) is 16.8. The van der Waals surface area contributed by atoms with Gasteiger partial charge in [0.15, 0.2) is 5.78 Å². The maximum atomic E-state index is 13.6. The number of rotatable bonds is 7. The molecule has 2 aliphatic carbocycles. The number of carbonyl (C=O) groups excluding carboxylic acids is 2. The Labute approximate surface area is 267 Å². The number of amides is 1. The number of allylic oxidation sites excluding steroid dienone is 1. The number of hydrogen-bond acceptors (Lipinski definition) is 5. The molecule has 44 heavy (non-hydrogen) atoms. The van der Waals surface area contributed by atoms with E-state index in [1.54, 1.807) is 0 Å². The van der Waals surface area contributed by atoms with E-state index < -0.39 is 18.2 Å². The largest absolute Gasteiger partial charge is 0.394 e. The number of ketones is 1. The first-order valence-electron chi connectivity index (χ1n) is 16.8. The van der Waals surface area contributed by atoms with E-state index in [1.165, 1.54) is 67.0 Å². The van der Waals surface area contributed by atoms with Gasteiger partial charge in [-0.05, 0) is 94.2 Å². The van der Waals surface area contributed by atoms with Gasteiger partial charge in [-0.1, -0.05) is 78.5 Å². The number of aliphatic hydroxyl groups excluding tert-OH is 1. The van der Waals surface area contributed by atoms with Gasteiger partial charge in [-0.15, -0.1) is 0 Å². The summed E-state index contributed by atoms with van der Waals surface area (Å²) in [5.41, 5.74) is 12.4. The Hall–Kier alpha value is -2.54. The van der Waals surface area contributed by atoms with E-state index in [9.17, 15) is 19.1 Å². The summed E-state index contributed by atoms with van der Waals surface area (Å²) in [7, 11) is 0. The predicted octanol–water partition coefficient (Wildman–Crippen LogP) is 7.99. The Bertz CT molecular complexity index is 1090.